The van der Waals surface area contributed by atoms with Gasteiger partial charge in [0.15, 0.2) is 0 Å². The molecule has 3 heteroatoms. The van der Waals surface area contributed by atoms with Gasteiger partial charge in [0, 0.05) is 22.0 Å². The highest BCUT2D eigenvalue weighted by Gasteiger charge is 2.24. The SMILES string of the molecule is CC(C)(CN)c1c(O)cccc1Br. The molecule has 2 nitrogen and oxygen atoms in total. The number of benzene rings is 1. The van der Waals surface area contributed by atoms with Gasteiger partial charge in [-0.15, -0.1) is 0 Å². The Morgan fingerprint density at radius 3 is 2.54 bits per heavy atom. The van der Waals surface area contributed by atoms with Crippen molar-refractivity contribution in [2.45, 2.75) is 19.3 Å². The molecule has 0 atom stereocenters. The Labute approximate surface area is 86.9 Å². The first-order valence-electron chi connectivity index (χ1n) is 4.17. The number of hydrogen-bond acceptors (Lipinski definition) is 2. The van der Waals surface area contributed by atoms with Crippen LogP contribution in [0, 0.1) is 0 Å². The van der Waals surface area contributed by atoms with Crippen LogP contribution in [0.3, 0.4) is 0 Å². The van der Waals surface area contributed by atoms with Crippen molar-refractivity contribution in [3.8, 4) is 5.75 Å². The van der Waals surface area contributed by atoms with E-state index >= 15 is 0 Å². The zero-order valence-electron chi connectivity index (χ0n) is 7.84. The summed E-state index contributed by atoms with van der Waals surface area (Å²) in [4.78, 5) is 0. The number of hydrogen-bond donors (Lipinski definition) is 2. The zero-order chi connectivity index (χ0) is 10.1. The molecule has 0 unspecified atom stereocenters. The molecular weight excluding hydrogens is 230 g/mol. The van der Waals surface area contributed by atoms with Crippen molar-refractivity contribution in [3.63, 3.8) is 0 Å². The summed E-state index contributed by atoms with van der Waals surface area (Å²) >= 11 is 3.41. The van der Waals surface area contributed by atoms with Gasteiger partial charge in [-0.3, -0.25) is 0 Å². The lowest BCUT2D eigenvalue weighted by Crippen LogP contribution is -2.28. The number of halogens is 1. The molecule has 0 radical (unpaired) electrons. The van der Waals surface area contributed by atoms with E-state index in [2.05, 4.69) is 15.9 Å². The summed E-state index contributed by atoms with van der Waals surface area (Å²) in [6, 6.07) is 5.39. The van der Waals surface area contributed by atoms with E-state index < -0.39 is 0 Å². The molecule has 0 saturated carbocycles. The van der Waals surface area contributed by atoms with E-state index in [-0.39, 0.29) is 5.41 Å². The maximum atomic E-state index is 9.67. The number of aromatic hydroxyl groups is 1. The van der Waals surface area contributed by atoms with E-state index in [4.69, 9.17) is 5.73 Å². The highest BCUT2D eigenvalue weighted by molar-refractivity contribution is 9.10. The molecule has 72 valence electrons. The lowest BCUT2D eigenvalue weighted by Gasteiger charge is -2.25. The van der Waals surface area contributed by atoms with Crippen LogP contribution in [-0.4, -0.2) is 11.7 Å². The summed E-state index contributed by atoms with van der Waals surface area (Å²) in [5.41, 5.74) is 6.31. The summed E-state index contributed by atoms with van der Waals surface area (Å²) in [5.74, 6) is 0.296. The normalized spacial score (nSPS) is 11.7. The molecule has 0 saturated heterocycles. The lowest BCUT2D eigenvalue weighted by atomic mass is 9.84. The van der Waals surface area contributed by atoms with Crippen molar-refractivity contribution < 1.29 is 5.11 Å². The van der Waals surface area contributed by atoms with Crippen LogP contribution in [0.25, 0.3) is 0 Å². The minimum atomic E-state index is -0.204. The quantitative estimate of drug-likeness (QED) is 0.839. The van der Waals surface area contributed by atoms with Crippen LogP contribution in [0.5, 0.6) is 5.75 Å². The van der Waals surface area contributed by atoms with Gasteiger partial charge in [0.1, 0.15) is 5.75 Å². The van der Waals surface area contributed by atoms with E-state index in [0.29, 0.717) is 12.3 Å². The Morgan fingerprint density at radius 2 is 2.08 bits per heavy atom. The second-order valence-corrected chi connectivity index (χ2v) is 4.58. The minimum absolute atomic E-state index is 0.204. The maximum absolute atomic E-state index is 9.67. The van der Waals surface area contributed by atoms with Crippen molar-refractivity contribution in [1.82, 2.24) is 0 Å². The predicted molar refractivity (Wildman–Crippen MR) is 57.9 cm³/mol. The second-order valence-electron chi connectivity index (χ2n) is 3.72. The van der Waals surface area contributed by atoms with Crippen LogP contribution >= 0.6 is 15.9 Å². The first kappa shape index (κ1) is 10.5. The number of rotatable bonds is 2. The lowest BCUT2D eigenvalue weighted by molar-refractivity contribution is 0.437. The van der Waals surface area contributed by atoms with Gasteiger partial charge in [-0.05, 0) is 12.1 Å². The van der Waals surface area contributed by atoms with Crippen molar-refractivity contribution in [3.05, 3.63) is 28.2 Å². The zero-order valence-corrected chi connectivity index (χ0v) is 9.43. The molecule has 0 bridgehead atoms. The minimum Gasteiger partial charge on any atom is -0.508 e. The van der Waals surface area contributed by atoms with E-state index in [1.807, 2.05) is 19.9 Å². The van der Waals surface area contributed by atoms with Crippen LogP contribution in [0.15, 0.2) is 22.7 Å². The maximum Gasteiger partial charge on any atom is 0.120 e. The van der Waals surface area contributed by atoms with Crippen LogP contribution in [0.4, 0.5) is 0 Å². The van der Waals surface area contributed by atoms with E-state index in [9.17, 15) is 5.11 Å². The molecule has 0 amide bonds. The van der Waals surface area contributed by atoms with Gasteiger partial charge < -0.3 is 10.8 Å². The van der Waals surface area contributed by atoms with Gasteiger partial charge in [0.05, 0.1) is 0 Å². The van der Waals surface area contributed by atoms with Crippen LogP contribution in [-0.2, 0) is 5.41 Å². The fourth-order valence-corrected chi connectivity index (χ4v) is 2.18. The van der Waals surface area contributed by atoms with Crippen molar-refractivity contribution >= 4 is 15.9 Å². The molecule has 1 aromatic rings. The molecule has 0 heterocycles. The summed E-state index contributed by atoms with van der Waals surface area (Å²) in [5, 5.41) is 9.67. The first-order chi connectivity index (χ1) is 5.99. The molecular formula is C10H14BrNO. The highest BCUT2D eigenvalue weighted by atomic mass is 79.9. The molecule has 1 aromatic carbocycles. The molecule has 0 fully saturated rings. The largest absolute Gasteiger partial charge is 0.508 e. The average molecular weight is 244 g/mol. The van der Waals surface area contributed by atoms with Crippen LogP contribution in [0.2, 0.25) is 0 Å². The Balaban J connectivity index is 3.28. The van der Waals surface area contributed by atoms with Crippen molar-refractivity contribution in [2.24, 2.45) is 5.73 Å². The molecule has 3 N–H and O–H groups in total. The molecule has 0 aromatic heterocycles. The van der Waals surface area contributed by atoms with Crippen LogP contribution in [0.1, 0.15) is 19.4 Å². The Hall–Kier alpha value is -0.540. The Bertz CT molecular complexity index is 290. The van der Waals surface area contributed by atoms with Gasteiger partial charge in [-0.1, -0.05) is 35.8 Å². The standard InChI is InChI=1S/C10H14BrNO/c1-10(2,6-12)9-7(11)4-3-5-8(9)13/h3-5,13H,6,12H2,1-2H3. The summed E-state index contributed by atoms with van der Waals surface area (Å²) in [7, 11) is 0. The predicted octanol–water partition coefficient (Wildman–Crippen LogP) is 2.39. The van der Waals surface area contributed by atoms with Gasteiger partial charge >= 0.3 is 0 Å². The fraction of sp³-hybridized carbons (Fsp3) is 0.400. The van der Waals surface area contributed by atoms with E-state index in [0.717, 1.165) is 10.0 Å². The van der Waals surface area contributed by atoms with E-state index in [1.165, 1.54) is 0 Å². The number of nitrogens with two attached hydrogens (primary N) is 1. The molecule has 0 aliphatic heterocycles. The smallest absolute Gasteiger partial charge is 0.120 e. The van der Waals surface area contributed by atoms with Gasteiger partial charge in [0.2, 0.25) is 0 Å². The monoisotopic (exact) mass is 243 g/mol. The second kappa shape index (κ2) is 3.68. The van der Waals surface area contributed by atoms with Crippen molar-refractivity contribution in [1.29, 1.82) is 0 Å². The molecule has 0 aliphatic rings. The van der Waals surface area contributed by atoms with Crippen molar-refractivity contribution in [2.75, 3.05) is 6.54 Å². The first-order valence-corrected chi connectivity index (χ1v) is 4.96. The Morgan fingerprint density at radius 1 is 1.46 bits per heavy atom. The fourth-order valence-electron chi connectivity index (χ4n) is 1.28. The summed E-state index contributed by atoms with van der Waals surface area (Å²) < 4.78 is 0.906. The summed E-state index contributed by atoms with van der Waals surface area (Å²) in [6.45, 7) is 4.52. The third-order valence-electron chi connectivity index (χ3n) is 2.18. The molecule has 0 spiro atoms. The van der Waals surface area contributed by atoms with Gasteiger partial charge in [-0.25, -0.2) is 0 Å². The average Bonchev–Trinajstić information content (AvgIpc) is 2.03. The topological polar surface area (TPSA) is 46.2 Å². The van der Waals surface area contributed by atoms with Gasteiger partial charge in [-0.2, -0.15) is 0 Å². The molecule has 0 aliphatic carbocycles. The highest BCUT2D eigenvalue weighted by Crippen LogP contribution is 2.35. The van der Waals surface area contributed by atoms with Crippen LogP contribution < -0.4 is 5.73 Å². The molecule has 13 heavy (non-hydrogen) atoms. The third kappa shape index (κ3) is 2.03. The Kier molecular flexibility index (Phi) is 2.98. The number of phenols is 1. The third-order valence-corrected chi connectivity index (χ3v) is 2.84. The summed E-state index contributed by atoms with van der Waals surface area (Å²) in [6.07, 6.45) is 0. The van der Waals surface area contributed by atoms with Gasteiger partial charge in [0.25, 0.3) is 0 Å². The molecule has 1 rings (SSSR count). The number of phenolic OH excluding ortho intramolecular Hbond substituents is 1. The van der Waals surface area contributed by atoms with E-state index in [1.54, 1.807) is 12.1 Å².